The van der Waals surface area contributed by atoms with E-state index < -0.39 is 5.97 Å². The Balaban J connectivity index is 0.00000196. The molecule has 1 aromatic rings. The van der Waals surface area contributed by atoms with Crippen molar-refractivity contribution in [3.05, 3.63) is 34.9 Å². The van der Waals surface area contributed by atoms with Gasteiger partial charge in [-0.05, 0) is 24.1 Å². The van der Waals surface area contributed by atoms with Gasteiger partial charge in [0.2, 0.25) is 0 Å². The molecule has 0 saturated carbocycles. The van der Waals surface area contributed by atoms with Crippen molar-refractivity contribution in [1.29, 1.82) is 0 Å². The highest BCUT2D eigenvalue weighted by atomic mass is 35.5. The van der Waals surface area contributed by atoms with Gasteiger partial charge in [0.05, 0.1) is 6.42 Å². The fourth-order valence-corrected chi connectivity index (χ4v) is 1.35. The molecule has 0 aromatic heterocycles. The Hall–Kier alpha value is -0.770. The maximum atomic E-state index is 10.4. The lowest BCUT2D eigenvalue weighted by molar-refractivity contribution is -0.137. The van der Waals surface area contributed by atoms with E-state index in [-0.39, 0.29) is 24.9 Å². The normalized spacial score (nSPS) is 11.6. The third kappa shape index (κ3) is 5.62. The van der Waals surface area contributed by atoms with Gasteiger partial charge in [0.25, 0.3) is 0 Å². The molecule has 0 saturated heterocycles. The number of carbonyl (C=O) groups is 1. The van der Waals surface area contributed by atoms with Crippen LogP contribution in [0.2, 0.25) is 5.02 Å². The van der Waals surface area contributed by atoms with Gasteiger partial charge in [-0.2, -0.15) is 0 Å². The molecule has 0 amide bonds. The summed E-state index contributed by atoms with van der Waals surface area (Å²) >= 11 is 5.71. The second-order valence-corrected chi connectivity index (χ2v) is 3.62. The second kappa shape index (κ2) is 6.67. The van der Waals surface area contributed by atoms with Crippen LogP contribution in [0, 0.1) is 0 Å². The number of carboxylic acid groups (broad SMARTS) is 1. The van der Waals surface area contributed by atoms with Crippen LogP contribution >= 0.6 is 24.0 Å². The predicted molar refractivity (Wildman–Crippen MR) is 62.6 cm³/mol. The summed E-state index contributed by atoms with van der Waals surface area (Å²) in [5, 5.41) is 9.17. The average Bonchev–Trinajstić information content (AvgIpc) is 2.07. The molecule has 5 heteroatoms. The van der Waals surface area contributed by atoms with Crippen molar-refractivity contribution < 1.29 is 9.90 Å². The third-order valence-corrected chi connectivity index (χ3v) is 2.10. The highest BCUT2D eigenvalue weighted by Gasteiger charge is 2.08. The first-order valence-corrected chi connectivity index (χ1v) is 4.67. The molecule has 0 aliphatic carbocycles. The first-order chi connectivity index (χ1) is 6.58. The van der Waals surface area contributed by atoms with Gasteiger partial charge >= 0.3 is 5.97 Å². The van der Waals surface area contributed by atoms with Crippen LogP contribution in [0.3, 0.4) is 0 Å². The Kier molecular flexibility index (Phi) is 6.32. The minimum Gasteiger partial charge on any atom is -0.481 e. The lowest BCUT2D eigenvalue weighted by atomic mass is 10.0. The number of nitrogens with two attached hydrogens (primary N) is 1. The van der Waals surface area contributed by atoms with Gasteiger partial charge in [-0.1, -0.05) is 23.7 Å². The molecular weight excluding hydrogens is 237 g/mol. The van der Waals surface area contributed by atoms with Crippen LogP contribution in [0.15, 0.2) is 24.3 Å². The van der Waals surface area contributed by atoms with Crippen LogP contribution in [-0.4, -0.2) is 17.1 Å². The zero-order chi connectivity index (χ0) is 10.6. The van der Waals surface area contributed by atoms with Crippen molar-refractivity contribution in [1.82, 2.24) is 0 Å². The topological polar surface area (TPSA) is 63.3 Å². The van der Waals surface area contributed by atoms with E-state index in [1.54, 1.807) is 12.1 Å². The van der Waals surface area contributed by atoms with Crippen LogP contribution in [0.5, 0.6) is 0 Å². The lowest BCUT2D eigenvalue weighted by Crippen LogP contribution is -2.26. The molecule has 15 heavy (non-hydrogen) atoms. The van der Waals surface area contributed by atoms with Gasteiger partial charge in [0, 0.05) is 11.1 Å². The van der Waals surface area contributed by atoms with Gasteiger partial charge in [0.15, 0.2) is 0 Å². The number of rotatable bonds is 4. The number of hydrogen-bond acceptors (Lipinski definition) is 2. The van der Waals surface area contributed by atoms with Crippen LogP contribution in [-0.2, 0) is 11.2 Å². The van der Waals surface area contributed by atoms with E-state index in [1.165, 1.54) is 0 Å². The number of carboxylic acids is 1. The van der Waals surface area contributed by atoms with Crippen molar-refractivity contribution >= 4 is 30.0 Å². The molecule has 0 bridgehead atoms. The Morgan fingerprint density at radius 2 is 1.93 bits per heavy atom. The van der Waals surface area contributed by atoms with E-state index in [0.29, 0.717) is 11.4 Å². The summed E-state index contributed by atoms with van der Waals surface area (Å²) in [5.74, 6) is -0.869. The average molecular weight is 250 g/mol. The summed E-state index contributed by atoms with van der Waals surface area (Å²) in [6.45, 7) is 0. The van der Waals surface area contributed by atoms with E-state index in [2.05, 4.69) is 0 Å². The number of aliphatic carboxylic acids is 1. The third-order valence-electron chi connectivity index (χ3n) is 1.85. The van der Waals surface area contributed by atoms with Crippen LogP contribution in [0.4, 0.5) is 0 Å². The van der Waals surface area contributed by atoms with Crippen LogP contribution < -0.4 is 5.73 Å². The summed E-state index contributed by atoms with van der Waals surface area (Å²) in [7, 11) is 0. The Labute approximate surface area is 99.6 Å². The van der Waals surface area contributed by atoms with Gasteiger partial charge in [-0.25, -0.2) is 0 Å². The molecule has 0 aliphatic rings. The highest BCUT2D eigenvalue weighted by Crippen LogP contribution is 2.11. The molecule has 1 aromatic carbocycles. The Bertz CT molecular complexity index is 314. The monoisotopic (exact) mass is 249 g/mol. The van der Waals surface area contributed by atoms with E-state index in [9.17, 15) is 4.79 Å². The van der Waals surface area contributed by atoms with Gasteiger partial charge < -0.3 is 10.8 Å². The summed E-state index contributed by atoms with van der Waals surface area (Å²) in [6.07, 6.45) is 0.548. The maximum Gasteiger partial charge on any atom is 0.304 e. The fourth-order valence-electron chi connectivity index (χ4n) is 1.22. The molecule has 1 rings (SSSR count). The quantitative estimate of drug-likeness (QED) is 0.860. The molecule has 3 nitrogen and oxygen atoms in total. The van der Waals surface area contributed by atoms with E-state index in [0.717, 1.165) is 5.56 Å². The molecule has 3 N–H and O–H groups in total. The van der Waals surface area contributed by atoms with Gasteiger partial charge in [-0.3, -0.25) is 4.79 Å². The predicted octanol–water partition coefficient (Wildman–Crippen LogP) is 2.11. The smallest absolute Gasteiger partial charge is 0.304 e. The standard InChI is InChI=1S/C10H12ClNO2.ClH/c11-8-3-1-7(2-4-8)5-9(12)6-10(13)14;/h1-4,9H,5-6,12H2,(H,13,14);1H. The first-order valence-electron chi connectivity index (χ1n) is 4.30. The molecule has 0 heterocycles. The lowest BCUT2D eigenvalue weighted by Gasteiger charge is -2.08. The van der Waals surface area contributed by atoms with Crippen molar-refractivity contribution in [2.75, 3.05) is 0 Å². The highest BCUT2D eigenvalue weighted by molar-refractivity contribution is 6.30. The summed E-state index contributed by atoms with van der Waals surface area (Å²) < 4.78 is 0. The number of halogens is 2. The molecule has 0 radical (unpaired) electrons. The zero-order valence-corrected chi connectivity index (χ0v) is 9.59. The fraction of sp³-hybridized carbons (Fsp3) is 0.300. The van der Waals surface area contributed by atoms with Crippen molar-refractivity contribution in [3.8, 4) is 0 Å². The summed E-state index contributed by atoms with van der Waals surface area (Å²) in [6, 6.07) is 6.90. The van der Waals surface area contributed by atoms with E-state index in [1.807, 2.05) is 12.1 Å². The van der Waals surface area contributed by atoms with Crippen molar-refractivity contribution in [2.24, 2.45) is 5.73 Å². The molecule has 1 atom stereocenters. The molecule has 0 aliphatic heterocycles. The number of hydrogen-bond donors (Lipinski definition) is 2. The summed E-state index contributed by atoms with van der Waals surface area (Å²) in [4.78, 5) is 10.4. The minimum atomic E-state index is -0.869. The second-order valence-electron chi connectivity index (χ2n) is 3.19. The zero-order valence-electron chi connectivity index (χ0n) is 8.02. The van der Waals surface area contributed by atoms with Crippen LogP contribution in [0.25, 0.3) is 0 Å². The SMILES string of the molecule is Cl.NC(CC(=O)O)Cc1ccc(Cl)cc1. The molecule has 0 spiro atoms. The largest absolute Gasteiger partial charge is 0.481 e. The Morgan fingerprint density at radius 3 is 2.40 bits per heavy atom. The summed E-state index contributed by atoms with van der Waals surface area (Å²) in [5.41, 5.74) is 6.63. The van der Waals surface area contributed by atoms with Crippen molar-refractivity contribution in [3.63, 3.8) is 0 Å². The molecular formula is C10H13Cl2NO2. The van der Waals surface area contributed by atoms with Gasteiger partial charge in [0.1, 0.15) is 0 Å². The molecule has 1 unspecified atom stereocenters. The van der Waals surface area contributed by atoms with E-state index >= 15 is 0 Å². The van der Waals surface area contributed by atoms with E-state index in [4.69, 9.17) is 22.4 Å². The molecule has 84 valence electrons. The maximum absolute atomic E-state index is 10.4. The molecule has 0 fully saturated rings. The minimum absolute atomic E-state index is 0. The van der Waals surface area contributed by atoms with Crippen molar-refractivity contribution in [2.45, 2.75) is 18.9 Å². The van der Waals surface area contributed by atoms with Crippen LogP contribution in [0.1, 0.15) is 12.0 Å². The van der Waals surface area contributed by atoms with Gasteiger partial charge in [-0.15, -0.1) is 12.4 Å². The first kappa shape index (κ1) is 14.2. The number of benzene rings is 1. The Morgan fingerprint density at radius 1 is 1.40 bits per heavy atom.